The lowest BCUT2D eigenvalue weighted by Crippen LogP contribution is -2.25. The molecule has 2 aromatic rings. The predicted octanol–water partition coefficient (Wildman–Crippen LogP) is 3.04. The highest BCUT2D eigenvalue weighted by Gasteiger charge is 2.04. The second-order valence-corrected chi connectivity index (χ2v) is 5.24. The van der Waals surface area contributed by atoms with Crippen molar-refractivity contribution >= 4 is 22.8 Å². The van der Waals surface area contributed by atoms with Crippen molar-refractivity contribution in [3.05, 3.63) is 24.3 Å². The molecule has 0 saturated heterocycles. The molecule has 0 amide bonds. The van der Waals surface area contributed by atoms with Crippen LogP contribution in [0.4, 0.5) is 0 Å². The number of imidazole rings is 1. The van der Waals surface area contributed by atoms with Gasteiger partial charge in [-0.1, -0.05) is 30.8 Å². The first-order valence-corrected chi connectivity index (χ1v) is 7.09. The molecule has 17 heavy (non-hydrogen) atoms. The minimum atomic E-state index is 0.580. The smallest absolute Gasteiger partial charge is 0.166 e. The van der Waals surface area contributed by atoms with Gasteiger partial charge in [-0.3, -0.25) is 0 Å². The Bertz CT molecular complexity index is 433. The van der Waals surface area contributed by atoms with E-state index in [1.165, 1.54) is 0 Å². The van der Waals surface area contributed by atoms with Crippen molar-refractivity contribution in [2.24, 2.45) is 0 Å². The fourth-order valence-electron chi connectivity index (χ4n) is 1.78. The highest BCUT2D eigenvalue weighted by Crippen LogP contribution is 2.19. The molecule has 1 aromatic heterocycles. The number of rotatable bonds is 6. The van der Waals surface area contributed by atoms with E-state index in [9.17, 15) is 0 Å². The number of fused-ring (bicyclic) bond motifs is 1. The molecule has 1 atom stereocenters. The number of hydrogen-bond acceptors (Lipinski definition) is 3. The summed E-state index contributed by atoms with van der Waals surface area (Å²) in [7, 11) is 0. The molecule has 1 aromatic carbocycles. The third-order valence-electron chi connectivity index (χ3n) is 2.71. The maximum absolute atomic E-state index is 4.54. The fourth-order valence-corrected chi connectivity index (χ4v) is 2.79. The highest BCUT2D eigenvalue weighted by molar-refractivity contribution is 7.99. The molecule has 0 radical (unpaired) electrons. The van der Waals surface area contributed by atoms with Gasteiger partial charge in [0.15, 0.2) is 5.16 Å². The van der Waals surface area contributed by atoms with E-state index in [4.69, 9.17) is 0 Å². The van der Waals surface area contributed by atoms with Crippen LogP contribution in [0.15, 0.2) is 29.4 Å². The summed E-state index contributed by atoms with van der Waals surface area (Å²) in [5.74, 6) is 1.09. The van der Waals surface area contributed by atoms with E-state index in [0.29, 0.717) is 6.04 Å². The first-order chi connectivity index (χ1) is 8.29. The Labute approximate surface area is 106 Å². The second kappa shape index (κ2) is 6.07. The number of benzene rings is 1. The number of thioether (sulfide) groups is 1. The van der Waals surface area contributed by atoms with Crippen LogP contribution < -0.4 is 5.32 Å². The Morgan fingerprint density at radius 3 is 3.00 bits per heavy atom. The van der Waals surface area contributed by atoms with Crippen LogP contribution in [0.25, 0.3) is 11.0 Å². The van der Waals surface area contributed by atoms with Crippen molar-refractivity contribution in [1.82, 2.24) is 15.3 Å². The van der Waals surface area contributed by atoms with Gasteiger partial charge >= 0.3 is 0 Å². The third kappa shape index (κ3) is 3.48. The lowest BCUT2D eigenvalue weighted by atomic mass is 10.3. The van der Waals surface area contributed by atoms with Crippen molar-refractivity contribution in [2.75, 3.05) is 12.3 Å². The monoisotopic (exact) mass is 249 g/mol. The zero-order valence-corrected chi connectivity index (χ0v) is 11.2. The minimum Gasteiger partial charge on any atom is -0.333 e. The standard InChI is InChI=1S/C13H19N3S/c1-3-14-10(2)8-9-17-13-15-11-6-4-5-7-12(11)16-13/h4-7,10,14H,3,8-9H2,1-2H3,(H,15,16). The van der Waals surface area contributed by atoms with Gasteiger partial charge in [0.2, 0.25) is 0 Å². The van der Waals surface area contributed by atoms with Gasteiger partial charge in [0, 0.05) is 11.8 Å². The van der Waals surface area contributed by atoms with Gasteiger partial charge in [-0.25, -0.2) is 4.98 Å². The van der Waals surface area contributed by atoms with Gasteiger partial charge in [-0.2, -0.15) is 0 Å². The average molecular weight is 249 g/mol. The first-order valence-electron chi connectivity index (χ1n) is 6.10. The summed E-state index contributed by atoms with van der Waals surface area (Å²) >= 11 is 1.79. The molecule has 0 saturated carbocycles. The maximum Gasteiger partial charge on any atom is 0.166 e. The van der Waals surface area contributed by atoms with Crippen molar-refractivity contribution < 1.29 is 0 Å². The number of H-pyrrole nitrogens is 1. The van der Waals surface area contributed by atoms with Crippen LogP contribution >= 0.6 is 11.8 Å². The number of aromatic amines is 1. The molecule has 3 nitrogen and oxygen atoms in total. The molecule has 0 aliphatic carbocycles. The first kappa shape index (κ1) is 12.5. The van der Waals surface area contributed by atoms with Crippen molar-refractivity contribution in [1.29, 1.82) is 0 Å². The molecular formula is C13H19N3S. The molecule has 0 bridgehead atoms. The Kier molecular flexibility index (Phi) is 4.45. The molecule has 1 unspecified atom stereocenters. The van der Waals surface area contributed by atoms with E-state index >= 15 is 0 Å². The normalized spacial score (nSPS) is 13.1. The number of hydrogen-bond donors (Lipinski definition) is 2. The van der Waals surface area contributed by atoms with Crippen LogP contribution in [0.1, 0.15) is 20.3 Å². The van der Waals surface area contributed by atoms with E-state index in [0.717, 1.165) is 34.9 Å². The number of para-hydroxylation sites is 2. The van der Waals surface area contributed by atoms with E-state index < -0.39 is 0 Å². The molecule has 2 rings (SSSR count). The van der Waals surface area contributed by atoms with Crippen LogP contribution in [0.5, 0.6) is 0 Å². The zero-order valence-electron chi connectivity index (χ0n) is 10.4. The summed E-state index contributed by atoms with van der Waals surface area (Å²) in [6.07, 6.45) is 1.16. The molecule has 92 valence electrons. The topological polar surface area (TPSA) is 40.7 Å². The average Bonchev–Trinajstić information content (AvgIpc) is 2.71. The highest BCUT2D eigenvalue weighted by atomic mass is 32.2. The largest absolute Gasteiger partial charge is 0.333 e. The van der Waals surface area contributed by atoms with Crippen molar-refractivity contribution in [3.63, 3.8) is 0 Å². The maximum atomic E-state index is 4.54. The van der Waals surface area contributed by atoms with Gasteiger partial charge in [-0.15, -0.1) is 0 Å². The van der Waals surface area contributed by atoms with Crippen LogP contribution in [0, 0.1) is 0 Å². The van der Waals surface area contributed by atoms with Crippen molar-refractivity contribution in [3.8, 4) is 0 Å². The lowest BCUT2D eigenvalue weighted by molar-refractivity contribution is 0.556. The summed E-state index contributed by atoms with van der Waals surface area (Å²) in [5.41, 5.74) is 2.17. The van der Waals surface area contributed by atoms with E-state index in [2.05, 4.69) is 35.2 Å². The van der Waals surface area contributed by atoms with E-state index in [1.807, 2.05) is 18.2 Å². The minimum absolute atomic E-state index is 0.580. The fraction of sp³-hybridized carbons (Fsp3) is 0.462. The third-order valence-corrected chi connectivity index (χ3v) is 3.62. The van der Waals surface area contributed by atoms with Gasteiger partial charge in [-0.05, 0) is 32.0 Å². The summed E-state index contributed by atoms with van der Waals surface area (Å²) in [6, 6.07) is 8.73. The van der Waals surface area contributed by atoms with Gasteiger partial charge in [0.25, 0.3) is 0 Å². The molecular weight excluding hydrogens is 230 g/mol. The number of aromatic nitrogens is 2. The lowest BCUT2D eigenvalue weighted by Gasteiger charge is -2.10. The summed E-state index contributed by atoms with van der Waals surface area (Å²) in [6.45, 7) is 5.40. The number of nitrogens with zero attached hydrogens (tertiary/aromatic N) is 1. The molecule has 2 N–H and O–H groups in total. The summed E-state index contributed by atoms with van der Waals surface area (Å²) in [5, 5.41) is 4.44. The molecule has 0 aliphatic heterocycles. The van der Waals surface area contributed by atoms with E-state index in [-0.39, 0.29) is 0 Å². The second-order valence-electron chi connectivity index (χ2n) is 4.15. The van der Waals surface area contributed by atoms with Crippen LogP contribution in [-0.2, 0) is 0 Å². The van der Waals surface area contributed by atoms with Gasteiger partial charge < -0.3 is 10.3 Å². The van der Waals surface area contributed by atoms with Crippen LogP contribution in [0.2, 0.25) is 0 Å². The molecule has 4 heteroatoms. The van der Waals surface area contributed by atoms with Crippen LogP contribution in [-0.4, -0.2) is 28.3 Å². The molecule has 1 heterocycles. The zero-order chi connectivity index (χ0) is 12.1. The number of nitrogens with one attached hydrogen (secondary N) is 2. The molecule has 0 aliphatic rings. The SMILES string of the molecule is CCNC(C)CCSc1nc2ccccc2[nH]1. The Morgan fingerprint density at radius 2 is 2.24 bits per heavy atom. The quantitative estimate of drug-likeness (QED) is 0.773. The molecule has 0 fully saturated rings. The van der Waals surface area contributed by atoms with Crippen molar-refractivity contribution in [2.45, 2.75) is 31.5 Å². The Hall–Kier alpha value is -1.00. The predicted molar refractivity (Wildman–Crippen MR) is 74.6 cm³/mol. The van der Waals surface area contributed by atoms with E-state index in [1.54, 1.807) is 11.8 Å². The Morgan fingerprint density at radius 1 is 1.41 bits per heavy atom. The van der Waals surface area contributed by atoms with Gasteiger partial charge in [0.1, 0.15) is 0 Å². The summed E-state index contributed by atoms with van der Waals surface area (Å²) < 4.78 is 0. The summed E-state index contributed by atoms with van der Waals surface area (Å²) in [4.78, 5) is 7.88. The van der Waals surface area contributed by atoms with Crippen LogP contribution in [0.3, 0.4) is 0 Å². The van der Waals surface area contributed by atoms with Gasteiger partial charge in [0.05, 0.1) is 11.0 Å². The molecule has 0 spiro atoms. The Balaban J connectivity index is 1.86.